The van der Waals surface area contributed by atoms with E-state index in [-0.39, 0.29) is 18.4 Å². The van der Waals surface area contributed by atoms with Gasteiger partial charge in [-0.25, -0.2) is 4.79 Å². The Hall–Kier alpha value is -1.85. The molecule has 0 aromatic carbocycles. The van der Waals surface area contributed by atoms with Crippen LogP contribution in [-0.2, 0) is 28.6 Å². The van der Waals surface area contributed by atoms with Gasteiger partial charge in [0.1, 0.15) is 5.60 Å². The first-order chi connectivity index (χ1) is 9.01. The summed E-state index contributed by atoms with van der Waals surface area (Å²) < 4.78 is 15.7. The van der Waals surface area contributed by atoms with Crippen LogP contribution < -0.4 is 0 Å². The lowest BCUT2D eigenvalue weighted by Gasteiger charge is -2.38. The van der Waals surface area contributed by atoms with Crippen molar-refractivity contribution < 1.29 is 28.6 Å². The third-order valence-corrected chi connectivity index (χ3v) is 3.99. The topological polar surface area (TPSA) is 78.9 Å². The molecule has 1 aliphatic carbocycles. The lowest BCUT2D eigenvalue weighted by atomic mass is 9.72. The lowest BCUT2D eigenvalue weighted by Crippen LogP contribution is -2.44. The molecule has 3 aliphatic rings. The fourth-order valence-corrected chi connectivity index (χ4v) is 3.26. The first-order valence-electron chi connectivity index (χ1n) is 6.28. The van der Waals surface area contributed by atoms with Crippen LogP contribution in [0.5, 0.6) is 0 Å². The van der Waals surface area contributed by atoms with E-state index >= 15 is 0 Å². The van der Waals surface area contributed by atoms with Crippen LogP contribution in [0.25, 0.3) is 0 Å². The van der Waals surface area contributed by atoms with E-state index in [1.807, 2.05) is 0 Å². The molecular weight excluding hydrogens is 252 g/mol. The van der Waals surface area contributed by atoms with Crippen LogP contribution in [0.2, 0.25) is 0 Å². The number of hydrogen-bond acceptors (Lipinski definition) is 6. The van der Waals surface area contributed by atoms with E-state index in [4.69, 9.17) is 14.2 Å². The second kappa shape index (κ2) is 4.08. The molecule has 0 spiro atoms. The molecule has 4 bridgehead atoms. The molecule has 0 aromatic heterocycles. The zero-order chi connectivity index (χ0) is 13.6. The molecule has 2 atom stereocenters. The molecular formula is C13H14O6. The predicted octanol–water partition coefficient (Wildman–Crippen LogP) is 0.700. The number of fused-ring (bicyclic) bond motifs is 3. The standard InChI is InChI=1S/C13H14O6/c1-2-9(14)19-13-4-7-3-8(5-13)12(16)18-10(6-13)17-11(7)15/h2,7-8,10H,1,3-6H2. The summed E-state index contributed by atoms with van der Waals surface area (Å²) in [5, 5.41) is 0. The summed E-state index contributed by atoms with van der Waals surface area (Å²) in [4.78, 5) is 35.2. The number of ether oxygens (including phenoxy) is 3. The quantitative estimate of drug-likeness (QED) is 0.540. The van der Waals surface area contributed by atoms with Crippen LogP contribution in [0.1, 0.15) is 25.7 Å². The molecule has 2 unspecified atom stereocenters. The van der Waals surface area contributed by atoms with Crippen LogP contribution >= 0.6 is 0 Å². The van der Waals surface area contributed by atoms with Gasteiger partial charge in [-0.05, 0) is 6.42 Å². The van der Waals surface area contributed by atoms with Crippen LogP contribution in [0.4, 0.5) is 0 Å². The number of carbonyl (C=O) groups is 3. The zero-order valence-corrected chi connectivity index (χ0v) is 10.3. The minimum absolute atomic E-state index is 0.205. The largest absolute Gasteiger partial charge is 0.456 e. The van der Waals surface area contributed by atoms with Gasteiger partial charge in [-0.15, -0.1) is 0 Å². The van der Waals surface area contributed by atoms with E-state index in [2.05, 4.69) is 6.58 Å². The van der Waals surface area contributed by atoms with Crippen LogP contribution in [0.15, 0.2) is 12.7 Å². The highest BCUT2D eigenvalue weighted by Crippen LogP contribution is 2.47. The molecule has 2 saturated heterocycles. The Morgan fingerprint density at radius 1 is 1.21 bits per heavy atom. The van der Waals surface area contributed by atoms with Gasteiger partial charge in [0.25, 0.3) is 6.29 Å². The maximum absolute atomic E-state index is 11.8. The summed E-state index contributed by atoms with van der Waals surface area (Å²) in [5.41, 5.74) is -0.859. The Morgan fingerprint density at radius 3 is 2.32 bits per heavy atom. The molecule has 2 heterocycles. The molecule has 6 nitrogen and oxygen atoms in total. The first kappa shape index (κ1) is 12.2. The van der Waals surface area contributed by atoms with E-state index in [1.54, 1.807) is 0 Å². The zero-order valence-electron chi connectivity index (χ0n) is 10.3. The maximum Gasteiger partial charge on any atom is 0.330 e. The van der Waals surface area contributed by atoms with Gasteiger partial charge < -0.3 is 14.2 Å². The Morgan fingerprint density at radius 2 is 1.79 bits per heavy atom. The van der Waals surface area contributed by atoms with Gasteiger partial charge in [0.15, 0.2) is 0 Å². The molecule has 0 aromatic rings. The smallest absolute Gasteiger partial charge is 0.330 e. The SMILES string of the molecule is C=CC(=O)OC12CC3OC(=O)C(CC(C1)C(=O)O3)C2. The average molecular weight is 266 g/mol. The van der Waals surface area contributed by atoms with Crippen molar-refractivity contribution in [1.29, 1.82) is 0 Å². The van der Waals surface area contributed by atoms with Crippen molar-refractivity contribution in [3.05, 3.63) is 12.7 Å². The summed E-state index contributed by atoms with van der Waals surface area (Å²) in [6, 6.07) is 0. The van der Waals surface area contributed by atoms with Gasteiger partial charge in [0.05, 0.1) is 18.3 Å². The molecule has 19 heavy (non-hydrogen) atoms. The Bertz CT molecular complexity index is 442. The van der Waals surface area contributed by atoms with Gasteiger partial charge in [-0.2, -0.15) is 0 Å². The van der Waals surface area contributed by atoms with E-state index in [9.17, 15) is 14.4 Å². The summed E-state index contributed by atoms with van der Waals surface area (Å²) in [6.45, 7) is 3.36. The van der Waals surface area contributed by atoms with E-state index < -0.39 is 29.7 Å². The molecule has 6 heteroatoms. The molecule has 0 amide bonds. The van der Waals surface area contributed by atoms with Crippen molar-refractivity contribution in [2.75, 3.05) is 0 Å². The molecule has 0 radical (unpaired) electrons. The van der Waals surface area contributed by atoms with Crippen molar-refractivity contribution >= 4 is 17.9 Å². The van der Waals surface area contributed by atoms with Gasteiger partial charge in [0.2, 0.25) is 0 Å². The first-order valence-corrected chi connectivity index (χ1v) is 6.28. The van der Waals surface area contributed by atoms with Gasteiger partial charge in [-0.3, -0.25) is 9.59 Å². The molecule has 102 valence electrons. The third kappa shape index (κ3) is 2.01. The van der Waals surface area contributed by atoms with Gasteiger partial charge in [-0.1, -0.05) is 6.58 Å². The van der Waals surface area contributed by atoms with E-state index in [1.165, 1.54) is 0 Å². The number of hydrogen-bond donors (Lipinski definition) is 0. The number of rotatable bonds is 2. The number of esters is 3. The predicted molar refractivity (Wildman–Crippen MR) is 60.4 cm³/mol. The van der Waals surface area contributed by atoms with Crippen LogP contribution in [0.3, 0.4) is 0 Å². The van der Waals surface area contributed by atoms with Crippen molar-refractivity contribution in [2.45, 2.75) is 37.6 Å². The molecule has 3 rings (SSSR count). The second-order valence-corrected chi connectivity index (χ2v) is 5.35. The summed E-state index contributed by atoms with van der Waals surface area (Å²) >= 11 is 0. The van der Waals surface area contributed by atoms with E-state index in [0.29, 0.717) is 19.3 Å². The van der Waals surface area contributed by atoms with Crippen LogP contribution in [0, 0.1) is 11.8 Å². The Balaban J connectivity index is 1.97. The van der Waals surface area contributed by atoms with E-state index in [0.717, 1.165) is 6.08 Å². The summed E-state index contributed by atoms with van der Waals surface area (Å²) in [7, 11) is 0. The normalized spacial score (nSPS) is 39.9. The lowest BCUT2D eigenvalue weighted by molar-refractivity contribution is -0.195. The summed E-state index contributed by atoms with van der Waals surface area (Å²) in [6.07, 6.45) is 1.50. The Kier molecular flexibility index (Phi) is 2.62. The molecule has 0 N–H and O–H groups in total. The highest BCUT2D eigenvalue weighted by molar-refractivity contribution is 5.83. The Labute approximate surface area is 109 Å². The van der Waals surface area contributed by atoms with Gasteiger partial charge >= 0.3 is 17.9 Å². The highest BCUT2D eigenvalue weighted by atomic mass is 16.7. The molecule has 1 saturated carbocycles. The highest BCUT2D eigenvalue weighted by Gasteiger charge is 2.55. The van der Waals surface area contributed by atoms with Gasteiger partial charge in [0, 0.05) is 18.9 Å². The second-order valence-electron chi connectivity index (χ2n) is 5.35. The monoisotopic (exact) mass is 266 g/mol. The number of carbonyl (C=O) groups excluding carboxylic acids is 3. The maximum atomic E-state index is 11.8. The third-order valence-electron chi connectivity index (χ3n) is 3.99. The molecule has 2 aliphatic heterocycles. The molecule has 3 fully saturated rings. The van der Waals surface area contributed by atoms with Crippen molar-refractivity contribution in [1.82, 2.24) is 0 Å². The fourth-order valence-electron chi connectivity index (χ4n) is 3.26. The van der Waals surface area contributed by atoms with Crippen LogP contribution in [-0.4, -0.2) is 29.8 Å². The summed E-state index contributed by atoms with van der Waals surface area (Å²) in [5.74, 6) is -2.12. The minimum Gasteiger partial charge on any atom is -0.456 e. The van der Waals surface area contributed by atoms with Crippen molar-refractivity contribution in [2.24, 2.45) is 11.8 Å². The van der Waals surface area contributed by atoms with Crippen molar-refractivity contribution in [3.63, 3.8) is 0 Å². The fraction of sp³-hybridized carbons (Fsp3) is 0.615. The van der Waals surface area contributed by atoms with Crippen molar-refractivity contribution in [3.8, 4) is 0 Å². The minimum atomic E-state index is -0.951. The average Bonchev–Trinajstić information content (AvgIpc) is 2.50.